The van der Waals surface area contributed by atoms with Crippen LogP contribution in [0.15, 0.2) is 53.1 Å². The second kappa shape index (κ2) is 4.99. The van der Waals surface area contributed by atoms with E-state index in [1.807, 2.05) is 12.1 Å². The maximum atomic E-state index is 5.41. The van der Waals surface area contributed by atoms with Crippen LogP contribution < -0.4 is 5.32 Å². The summed E-state index contributed by atoms with van der Waals surface area (Å²) in [6.45, 7) is 2.16. The lowest BCUT2D eigenvalue weighted by atomic mass is 9.75. The fourth-order valence-electron chi connectivity index (χ4n) is 2.72. The van der Waals surface area contributed by atoms with Crippen LogP contribution in [-0.4, -0.2) is 6.04 Å². The van der Waals surface area contributed by atoms with Crippen molar-refractivity contribution in [2.24, 2.45) is 0 Å². The Hall–Kier alpha value is -1.54. The zero-order chi connectivity index (χ0) is 12.4. The molecule has 1 aliphatic rings. The quantitative estimate of drug-likeness (QED) is 0.878. The van der Waals surface area contributed by atoms with Gasteiger partial charge in [0, 0.05) is 6.04 Å². The molecule has 0 amide bonds. The molecular formula is C16H19NO. The van der Waals surface area contributed by atoms with E-state index in [1.165, 1.54) is 18.4 Å². The number of benzene rings is 1. The summed E-state index contributed by atoms with van der Waals surface area (Å²) < 4.78 is 5.41. The van der Waals surface area contributed by atoms with E-state index in [4.69, 9.17) is 4.42 Å². The Bertz CT molecular complexity index is 471. The number of furan rings is 1. The summed E-state index contributed by atoms with van der Waals surface area (Å²) in [7, 11) is 0. The molecule has 94 valence electrons. The smallest absolute Gasteiger partial charge is 0.120 e. The second-order valence-electron chi connectivity index (χ2n) is 5.18. The van der Waals surface area contributed by atoms with Crippen molar-refractivity contribution in [3.63, 3.8) is 0 Å². The second-order valence-corrected chi connectivity index (χ2v) is 5.18. The van der Waals surface area contributed by atoms with Crippen molar-refractivity contribution in [1.29, 1.82) is 0 Å². The van der Waals surface area contributed by atoms with E-state index < -0.39 is 0 Å². The minimum Gasteiger partial charge on any atom is -0.468 e. The zero-order valence-corrected chi connectivity index (χ0v) is 10.7. The van der Waals surface area contributed by atoms with Crippen LogP contribution in [0.4, 0.5) is 0 Å². The van der Waals surface area contributed by atoms with Crippen molar-refractivity contribution in [2.75, 3.05) is 0 Å². The van der Waals surface area contributed by atoms with Gasteiger partial charge in [-0.3, -0.25) is 0 Å². The summed E-state index contributed by atoms with van der Waals surface area (Å²) >= 11 is 0. The largest absolute Gasteiger partial charge is 0.468 e. The standard InChI is InChI=1S/C16H19NO/c1-12(16-8-5-9-18-16)17-15-10-14(11-15)13-6-3-2-4-7-13/h2-9,12,14-15,17H,10-11H2,1H3. The van der Waals surface area contributed by atoms with Crippen LogP contribution >= 0.6 is 0 Å². The van der Waals surface area contributed by atoms with E-state index in [0.717, 1.165) is 11.7 Å². The molecule has 1 aromatic heterocycles. The van der Waals surface area contributed by atoms with Crippen LogP contribution in [0, 0.1) is 0 Å². The molecule has 3 rings (SSSR count). The highest BCUT2D eigenvalue weighted by atomic mass is 16.3. The van der Waals surface area contributed by atoms with E-state index in [9.17, 15) is 0 Å². The van der Waals surface area contributed by atoms with E-state index in [0.29, 0.717) is 12.1 Å². The molecule has 0 radical (unpaired) electrons. The van der Waals surface area contributed by atoms with Gasteiger partial charge in [0.2, 0.25) is 0 Å². The SMILES string of the molecule is CC(NC1CC(c2ccccc2)C1)c1ccco1. The molecule has 1 unspecified atom stereocenters. The predicted octanol–water partition coefficient (Wildman–Crippen LogP) is 3.88. The van der Waals surface area contributed by atoms with E-state index in [1.54, 1.807) is 6.26 Å². The highest BCUT2D eigenvalue weighted by Crippen LogP contribution is 2.37. The fourth-order valence-corrected chi connectivity index (χ4v) is 2.72. The highest BCUT2D eigenvalue weighted by molar-refractivity contribution is 5.23. The number of rotatable bonds is 4. The number of hydrogen-bond acceptors (Lipinski definition) is 2. The first kappa shape index (κ1) is 11.5. The molecule has 1 heterocycles. The monoisotopic (exact) mass is 241 g/mol. The maximum Gasteiger partial charge on any atom is 0.120 e. The molecule has 0 bridgehead atoms. The van der Waals surface area contributed by atoms with Gasteiger partial charge in [-0.15, -0.1) is 0 Å². The van der Waals surface area contributed by atoms with Gasteiger partial charge in [0.1, 0.15) is 5.76 Å². The van der Waals surface area contributed by atoms with Crippen LogP contribution in [0.25, 0.3) is 0 Å². The number of hydrogen-bond donors (Lipinski definition) is 1. The van der Waals surface area contributed by atoms with Crippen molar-refractivity contribution in [3.8, 4) is 0 Å². The number of nitrogens with one attached hydrogen (secondary N) is 1. The molecule has 2 heteroatoms. The van der Waals surface area contributed by atoms with Gasteiger partial charge in [-0.05, 0) is 43.4 Å². The minimum absolute atomic E-state index is 0.307. The van der Waals surface area contributed by atoms with E-state index >= 15 is 0 Å². The zero-order valence-electron chi connectivity index (χ0n) is 10.7. The molecule has 0 saturated heterocycles. The summed E-state index contributed by atoms with van der Waals surface area (Å²) in [5.41, 5.74) is 1.47. The van der Waals surface area contributed by atoms with Crippen molar-refractivity contribution in [3.05, 3.63) is 60.1 Å². The van der Waals surface area contributed by atoms with Crippen LogP contribution in [0.5, 0.6) is 0 Å². The van der Waals surface area contributed by atoms with Gasteiger partial charge in [0.05, 0.1) is 12.3 Å². The Morgan fingerprint density at radius 3 is 2.56 bits per heavy atom. The molecule has 1 saturated carbocycles. The third-order valence-corrected chi connectivity index (χ3v) is 3.86. The molecule has 0 aliphatic heterocycles. The van der Waals surface area contributed by atoms with Gasteiger partial charge in [-0.2, -0.15) is 0 Å². The minimum atomic E-state index is 0.307. The Labute approximate surface area is 108 Å². The lowest BCUT2D eigenvalue weighted by molar-refractivity contribution is 0.258. The molecule has 1 fully saturated rings. The molecule has 1 aromatic carbocycles. The summed E-state index contributed by atoms with van der Waals surface area (Å²) in [6.07, 6.45) is 4.20. The van der Waals surface area contributed by atoms with Gasteiger partial charge in [0.15, 0.2) is 0 Å². The first-order valence-corrected chi connectivity index (χ1v) is 6.67. The normalized spacial score (nSPS) is 24.5. The van der Waals surface area contributed by atoms with Gasteiger partial charge >= 0.3 is 0 Å². The van der Waals surface area contributed by atoms with Crippen LogP contribution in [0.2, 0.25) is 0 Å². The maximum absolute atomic E-state index is 5.41. The van der Waals surface area contributed by atoms with E-state index in [-0.39, 0.29) is 0 Å². The predicted molar refractivity (Wildman–Crippen MR) is 72.5 cm³/mol. The summed E-state index contributed by atoms with van der Waals surface area (Å²) in [6, 6.07) is 15.7. The highest BCUT2D eigenvalue weighted by Gasteiger charge is 2.31. The molecule has 0 spiro atoms. The lowest BCUT2D eigenvalue weighted by Crippen LogP contribution is -2.41. The first-order chi connectivity index (χ1) is 8.83. The van der Waals surface area contributed by atoms with Crippen molar-refractivity contribution >= 4 is 0 Å². The average Bonchev–Trinajstić information content (AvgIpc) is 2.88. The fraction of sp³-hybridized carbons (Fsp3) is 0.375. The average molecular weight is 241 g/mol. The molecule has 2 aromatic rings. The molecule has 2 nitrogen and oxygen atoms in total. The Morgan fingerprint density at radius 2 is 1.89 bits per heavy atom. The Balaban J connectivity index is 1.51. The third-order valence-electron chi connectivity index (χ3n) is 3.86. The van der Waals surface area contributed by atoms with Crippen LogP contribution in [0.3, 0.4) is 0 Å². The molecule has 1 aliphatic carbocycles. The topological polar surface area (TPSA) is 25.2 Å². The Kier molecular flexibility index (Phi) is 3.20. The van der Waals surface area contributed by atoms with Gasteiger partial charge in [-0.1, -0.05) is 30.3 Å². The Morgan fingerprint density at radius 1 is 1.11 bits per heavy atom. The van der Waals surface area contributed by atoms with Crippen LogP contribution in [0.1, 0.15) is 43.0 Å². The van der Waals surface area contributed by atoms with Gasteiger partial charge in [0.25, 0.3) is 0 Å². The van der Waals surface area contributed by atoms with Crippen LogP contribution in [-0.2, 0) is 0 Å². The lowest BCUT2D eigenvalue weighted by Gasteiger charge is -2.37. The summed E-state index contributed by atoms with van der Waals surface area (Å²) in [5, 5.41) is 3.62. The first-order valence-electron chi connectivity index (χ1n) is 6.67. The summed E-state index contributed by atoms with van der Waals surface area (Å²) in [4.78, 5) is 0. The molecule has 18 heavy (non-hydrogen) atoms. The molecule has 1 atom stereocenters. The molecular weight excluding hydrogens is 222 g/mol. The van der Waals surface area contributed by atoms with Crippen molar-refractivity contribution in [2.45, 2.75) is 37.8 Å². The summed E-state index contributed by atoms with van der Waals surface area (Å²) in [5.74, 6) is 1.76. The molecule has 1 N–H and O–H groups in total. The van der Waals surface area contributed by atoms with Crippen molar-refractivity contribution in [1.82, 2.24) is 5.32 Å². The van der Waals surface area contributed by atoms with Gasteiger partial charge < -0.3 is 9.73 Å². The van der Waals surface area contributed by atoms with Crippen molar-refractivity contribution < 1.29 is 4.42 Å². The third kappa shape index (κ3) is 2.34. The van der Waals surface area contributed by atoms with Gasteiger partial charge in [-0.25, -0.2) is 0 Å². The van der Waals surface area contributed by atoms with E-state index in [2.05, 4.69) is 42.6 Å².